The van der Waals surface area contributed by atoms with Gasteiger partial charge in [-0.25, -0.2) is 4.79 Å². The summed E-state index contributed by atoms with van der Waals surface area (Å²) in [6.45, 7) is 0. The second-order valence-electron chi connectivity index (χ2n) is 3.43. The normalized spacial score (nSPS) is 10.4. The summed E-state index contributed by atoms with van der Waals surface area (Å²) in [5.74, 6) is -1.03. The highest BCUT2D eigenvalue weighted by atomic mass is 16.4. The Morgan fingerprint density at radius 2 is 1.62 bits per heavy atom. The van der Waals surface area contributed by atoms with Gasteiger partial charge in [-0.3, -0.25) is 0 Å². The van der Waals surface area contributed by atoms with E-state index >= 15 is 0 Å². The lowest BCUT2D eigenvalue weighted by atomic mass is 9.77. The van der Waals surface area contributed by atoms with Gasteiger partial charge >= 0.3 is 13.1 Å². The minimum absolute atomic E-state index is 0.153. The summed E-state index contributed by atoms with van der Waals surface area (Å²) in [5, 5.41) is 28.3. The summed E-state index contributed by atoms with van der Waals surface area (Å²) in [6.07, 6.45) is 0. The van der Waals surface area contributed by atoms with Gasteiger partial charge in [-0.15, -0.1) is 0 Å². The van der Waals surface area contributed by atoms with E-state index in [1.165, 1.54) is 6.07 Å². The number of hydrogen-bond acceptors (Lipinski definition) is 3. The van der Waals surface area contributed by atoms with Gasteiger partial charge in [0.25, 0.3) is 0 Å². The summed E-state index contributed by atoms with van der Waals surface area (Å²) < 4.78 is 0. The molecule has 0 heterocycles. The molecule has 0 saturated heterocycles. The molecule has 80 valence electrons. The summed E-state index contributed by atoms with van der Waals surface area (Å²) in [6, 6.07) is 9.53. The zero-order valence-electron chi connectivity index (χ0n) is 8.29. The van der Waals surface area contributed by atoms with Gasteiger partial charge in [-0.05, 0) is 22.3 Å². The molecule has 2 rings (SSSR count). The van der Waals surface area contributed by atoms with Crippen LogP contribution >= 0.6 is 0 Å². The van der Waals surface area contributed by atoms with Crippen molar-refractivity contribution in [2.24, 2.45) is 0 Å². The van der Waals surface area contributed by atoms with Gasteiger partial charge in [-0.2, -0.15) is 0 Å². The molecule has 0 unspecified atom stereocenters. The van der Waals surface area contributed by atoms with Crippen molar-refractivity contribution >= 4 is 29.3 Å². The van der Waals surface area contributed by atoms with E-state index in [1.807, 2.05) is 0 Å². The predicted molar refractivity (Wildman–Crippen MR) is 60.7 cm³/mol. The molecule has 16 heavy (non-hydrogen) atoms. The maximum atomic E-state index is 11.0. The van der Waals surface area contributed by atoms with Crippen LogP contribution in [0.5, 0.6) is 0 Å². The molecule has 0 bridgehead atoms. The second kappa shape index (κ2) is 3.96. The van der Waals surface area contributed by atoms with E-state index < -0.39 is 13.1 Å². The van der Waals surface area contributed by atoms with Crippen LogP contribution in [0.4, 0.5) is 0 Å². The van der Waals surface area contributed by atoms with Crippen LogP contribution in [0.1, 0.15) is 10.4 Å². The van der Waals surface area contributed by atoms with Gasteiger partial charge in [0.15, 0.2) is 0 Å². The van der Waals surface area contributed by atoms with E-state index in [0.717, 1.165) is 0 Å². The first-order chi connectivity index (χ1) is 7.61. The van der Waals surface area contributed by atoms with Crippen LogP contribution in [0.25, 0.3) is 10.8 Å². The van der Waals surface area contributed by atoms with Gasteiger partial charge in [0.2, 0.25) is 0 Å². The summed E-state index contributed by atoms with van der Waals surface area (Å²) in [4.78, 5) is 11.0. The highest BCUT2D eigenvalue weighted by Crippen LogP contribution is 2.17. The lowest BCUT2D eigenvalue weighted by Gasteiger charge is -2.07. The Hall–Kier alpha value is -1.85. The Kier molecular flexibility index (Phi) is 2.64. The Labute approximate surface area is 91.9 Å². The maximum absolute atomic E-state index is 11.0. The lowest BCUT2D eigenvalue weighted by Crippen LogP contribution is -2.30. The first-order valence-electron chi connectivity index (χ1n) is 4.72. The van der Waals surface area contributed by atoms with Crippen LogP contribution in [0.3, 0.4) is 0 Å². The molecular formula is C11H9BO4. The molecule has 0 saturated carbocycles. The molecule has 5 heteroatoms. The van der Waals surface area contributed by atoms with Crippen molar-refractivity contribution in [3.8, 4) is 0 Å². The number of carboxylic acids is 1. The molecule has 0 radical (unpaired) electrons. The van der Waals surface area contributed by atoms with Crippen LogP contribution in [0.2, 0.25) is 0 Å². The van der Waals surface area contributed by atoms with Crippen LogP contribution in [-0.2, 0) is 0 Å². The molecule has 3 N–H and O–H groups in total. The third-order valence-electron chi connectivity index (χ3n) is 2.46. The molecule has 0 aliphatic rings. The van der Waals surface area contributed by atoms with Gasteiger partial charge < -0.3 is 15.2 Å². The number of benzene rings is 2. The zero-order valence-corrected chi connectivity index (χ0v) is 8.29. The Balaban J connectivity index is 2.81. The highest BCUT2D eigenvalue weighted by molar-refractivity contribution is 6.62. The van der Waals surface area contributed by atoms with Crippen molar-refractivity contribution in [2.75, 3.05) is 0 Å². The second-order valence-corrected chi connectivity index (χ2v) is 3.43. The van der Waals surface area contributed by atoms with Crippen molar-refractivity contribution in [3.63, 3.8) is 0 Å². The van der Waals surface area contributed by atoms with Gasteiger partial charge in [0.1, 0.15) is 0 Å². The highest BCUT2D eigenvalue weighted by Gasteiger charge is 2.16. The number of aromatic carboxylic acids is 1. The fraction of sp³-hybridized carbons (Fsp3) is 0. The number of rotatable bonds is 2. The van der Waals surface area contributed by atoms with Crippen molar-refractivity contribution in [1.82, 2.24) is 0 Å². The molecule has 2 aromatic carbocycles. The quantitative estimate of drug-likeness (QED) is 0.627. The molecule has 2 aromatic rings. The molecule has 0 fully saturated rings. The Bertz CT molecular complexity index is 551. The summed E-state index contributed by atoms with van der Waals surface area (Å²) >= 11 is 0. The zero-order chi connectivity index (χ0) is 11.7. The van der Waals surface area contributed by atoms with Gasteiger partial charge in [0.05, 0.1) is 5.56 Å². The summed E-state index contributed by atoms with van der Waals surface area (Å²) in [7, 11) is -1.60. The topological polar surface area (TPSA) is 77.8 Å². The van der Waals surface area contributed by atoms with Gasteiger partial charge in [0, 0.05) is 0 Å². The van der Waals surface area contributed by atoms with Crippen molar-refractivity contribution in [3.05, 3.63) is 42.0 Å². The van der Waals surface area contributed by atoms with Crippen LogP contribution in [0.15, 0.2) is 36.4 Å². The number of carbonyl (C=O) groups is 1. The van der Waals surface area contributed by atoms with Crippen LogP contribution in [-0.4, -0.2) is 28.2 Å². The van der Waals surface area contributed by atoms with Crippen molar-refractivity contribution in [2.45, 2.75) is 0 Å². The van der Waals surface area contributed by atoms with E-state index in [9.17, 15) is 4.79 Å². The van der Waals surface area contributed by atoms with E-state index in [2.05, 4.69) is 0 Å². The molecule has 0 amide bonds. The van der Waals surface area contributed by atoms with E-state index in [1.54, 1.807) is 30.3 Å². The predicted octanol–water partition coefficient (Wildman–Crippen LogP) is 0.218. The number of hydrogen-bond donors (Lipinski definition) is 3. The first kappa shape index (κ1) is 10.7. The minimum Gasteiger partial charge on any atom is -0.478 e. The van der Waals surface area contributed by atoms with Crippen molar-refractivity contribution in [1.29, 1.82) is 0 Å². The molecule has 0 atom stereocenters. The van der Waals surface area contributed by atoms with E-state index in [-0.39, 0.29) is 5.56 Å². The lowest BCUT2D eigenvalue weighted by molar-refractivity contribution is 0.0699. The summed E-state index contributed by atoms with van der Waals surface area (Å²) in [5.41, 5.74) is 0.459. The molecule has 0 spiro atoms. The molecule has 0 aliphatic carbocycles. The third kappa shape index (κ3) is 1.66. The van der Waals surface area contributed by atoms with E-state index in [0.29, 0.717) is 16.2 Å². The third-order valence-corrected chi connectivity index (χ3v) is 2.46. The Morgan fingerprint density at radius 1 is 1.00 bits per heavy atom. The largest absolute Gasteiger partial charge is 0.489 e. The molecule has 4 nitrogen and oxygen atoms in total. The van der Waals surface area contributed by atoms with Crippen LogP contribution in [0, 0.1) is 0 Å². The molecular weight excluding hydrogens is 207 g/mol. The maximum Gasteiger partial charge on any atom is 0.489 e. The first-order valence-corrected chi connectivity index (χ1v) is 4.72. The smallest absolute Gasteiger partial charge is 0.478 e. The van der Waals surface area contributed by atoms with E-state index in [4.69, 9.17) is 15.2 Å². The molecule has 0 aliphatic heterocycles. The molecule has 0 aromatic heterocycles. The average Bonchev–Trinajstić information content (AvgIpc) is 2.27. The average molecular weight is 216 g/mol. The monoisotopic (exact) mass is 216 g/mol. The number of carboxylic acid groups (broad SMARTS) is 1. The van der Waals surface area contributed by atoms with Crippen molar-refractivity contribution < 1.29 is 19.9 Å². The van der Waals surface area contributed by atoms with Gasteiger partial charge in [-0.1, -0.05) is 30.3 Å². The fourth-order valence-electron chi connectivity index (χ4n) is 1.75. The van der Waals surface area contributed by atoms with Crippen LogP contribution < -0.4 is 5.46 Å². The number of fused-ring (bicyclic) bond motifs is 1. The Morgan fingerprint density at radius 3 is 2.25 bits per heavy atom. The SMILES string of the molecule is O=C(O)c1cccc2c(B(O)O)cccc12. The fourth-order valence-corrected chi connectivity index (χ4v) is 1.75. The minimum atomic E-state index is -1.60. The standard InChI is InChI=1S/C11H9BO4/c13-11(14)9-5-1-4-8-7(9)3-2-6-10(8)12(15)16/h1-6,15-16H,(H,13,14).